The average Bonchev–Trinajstić information content (AvgIpc) is 2.90. The second-order valence-electron chi connectivity index (χ2n) is 5.17. The predicted molar refractivity (Wildman–Crippen MR) is 91.9 cm³/mol. The second-order valence-corrected chi connectivity index (χ2v) is 5.96. The van der Waals surface area contributed by atoms with Gasteiger partial charge in [0.2, 0.25) is 5.78 Å². The van der Waals surface area contributed by atoms with Crippen LogP contribution >= 0.6 is 15.9 Å². The molecule has 1 atom stereocenters. The van der Waals surface area contributed by atoms with Crippen molar-refractivity contribution in [3.8, 4) is 0 Å². The molecule has 1 heterocycles. The monoisotopic (exact) mass is 387 g/mol. The topological polar surface area (TPSA) is 78.6 Å². The molecule has 1 unspecified atom stereocenters. The number of nitrogens with two attached hydrogens (primary N) is 1. The Kier molecular flexibility index (Phi) is 4.40. The van der Waals surface area contributed by atoms with E-state index in [0.29, 0.717) is 15.6 Å². The number of carbonyl (C=O) groups is 2. The van der Waals surface area contributed by atoms with E-state index < -0.39 is 12.1 Å². The third kappa shape index (κ3) is 2.69. The zero-order valence-corrected chi connectivity index (χ0v) is 14.4. The fraction of sp³-hybridized carbons (Fsp3) is 0.111. The molecule has 122 valence electrons. The molecule has 1 aliphatic rings. The van der Waals surface area contributed by atoms with Crippen molar-refractivity contribution in [3.05, 3.63) is 75.6 Å². The molecule has 0 aromatic heterocycles. The highest BCUT2D eigenvalue weighted by Crippen LogP contribution is 2.39. The van der Waals surface area contributed by atoms with E-state index >= 15 is 0 Å². The van der Waals surface area contributed by atoms with Crippen molar-refractivity contribution in [1.82, 2.24) is 0 Å². The number of methoxy groups -OCH3 is 1. The maximum absolute atomic E-state index is 12.8. The van der Waals surface area contributed by atoms with Crippen molar-refractivity contribution in [2.24, 2.45) is 5.73 Å². The van der Waals surface area contributed by atoms with Crippen molar-refractivity contribution in [1.29, 1.82) is 0 Å². The molecule has 0 spiro atoms. The molecule has 0 fully saturated rings. The number of benzene rings is 2. The van der Waals surface area contributed by atoms with Crippen LogP contribution in [0, 0.1) is 0 Å². The summed E-state index contributed by atoms with van der Waals surface area (Å²) in [4.78, 5) is 24.7. The van der Waals surface area contributed by atoms with Gasteiger partial charge in [0.15, 0.2) is 12.0 Å². The summed E-state index contributed by atoms with van der Waals surface area (Å²) in [7, 11) is 1.30. The molecular weight excluding hydrogens is 374 g/mol. The lowest BCUT2D eigenvalue weighted by Gasteiger charge is -2.10. The maximum Gasteiger partial charge on any atom is 0.339 e. The van der Waals surface area contributed by atoms with Gasteiger partial charge < -0.3 is 15.2 Å². The lowest BCUT2D eigenvalue weighted by molar-refractivity contribution is -0.120. The molecule has 2 aromatic rings. The Bertz CT molecular complexity index is 845. The highest BCUT2D eigenvalue weighted by Gasteiger charge is 2.37. The van der Waals surface area contributed by atoms with Crippen LogP contribution in [-0.4, -0.2) is 18.9 Å². The van der Waals surface area contributed by atoms with Crippen LogP contribution in [-0.2, 0) is 14.3 Å². The van der Waals surface area contributed by atoms with Crippen LogP contribution in [0.5, 0.6) is 0 Å². The number of rotatable bonds is 3. The summed E-state index contributed by atoms with van der Waals surface area (Å²) in [6.45, 7) is 0. The van der Waals surface area contributed by atoms with E-state index in [-0.39, 0.29) is 17.2 Å². The number of ether oxygens (including phenoxy) is 2. The number of halogens is 1. The van der Waals surface area contributed by atoms with Gasteiger partial charge in [-0.2, -0.15) is 0 Å². The van der Waals surface area contributed by atoms with E-state index in [1.807, 2.05) is 18.2 Å². The van der Waals surface area contributed by atoms with Gasteiger partial charge in [-0.15, -0.1) is 0 Å². The molecule has 2 aromatic carbocycles. The van der Waals surface area contributed by atoms with Gasteiger partial charge in [-0.3, -0.25) is 4.79 Å². The first-order valence-electron chi connectivity index (χ1n) is 7.17. The predicted octanol–water partition coefficient (Wildman–Crippen LogP) is 3.20. The van der Waals surface area contributed by atoms with E-state index in [0.717, 1.165) is 5.56 Å². The minimum Gasteiger partial charge on any atom is -0.465 e. The van der Waals surface area contributed by atoms with E-state index in [2.05, 4.69) is 15.9 Å². The molecule has 1 aliphatic heterocycles. The Morgan fingerprint density at radius 1 is 1.17 bits per heavy atom. The van der Waals surface area contributed by atoms with Gasteiger partial charge in [-0.1, -0.05) is 42.5 Å². The number of esters is 1. The van der Waals surface area contributed by atoms with Gasteiger partial charge in [0.1, 0.15) is 0 Å². The molecule has 0 saturated carbocycles. The quantitative estimate of drug-likeness (QED) is 0.818. The number of ketones is 1. The fourth-order valence-electron chi connectivity index (χ4n) is 2.60. The highest BCUT2D eigenvalue weighted by molar-refractivity contribution is 9.10. The van der Waals surface area contributed by atoms with E-state index in [1.54, 1.807) is 30.3 Å². The summed E-state index contributed by atoms with van der Waals surface area (Å²) in [5.74, 6) is -0.716. The molecule has 0 bridgehead atoms. The van der Waals surface area contributed by atoms with Crippen molar-refractivity contribution < 1.29 is 19.1 Å². The van der Waals surface area contributed by atoms with Crippen molar-refractivity contribution in [2.75, 3.05) is 7.11 Å². The minimum absolute atomic E-state index is 0.0385. The number of hydrogen-bond acceptors (Lipinski definition) is 5. The molecule has 3 rings (SSSR count). The van der Waals surface area contributed by atoms with Gasteiger partial charge in [-0.25, -0.2) is 4.79 Å². The molecule has 2 N–H and O–H groups in total. The molecular formula is C18H14BrNO4. The third-order valence-electron chi connectivity index (χ3n) is 3.75. The summed E-state index contributed by atoms with van der Waals surface area (Å²) >= 11 is 3.37. The largest absolute Gasteiger partial charge is 0.465 e. The Labute approximate surface area is 147 Å². The lowest BCUT2D eigenvalue weighted by atomic mass is 9.96. The van der Waals surface area contributed by atoms with Gasteiger partial charge in [-0.05, 0) is 22.0 Å². The highest BCUT2D eigenvalue weighted by atomic mass is 79.9. The Balaban J connectivity index is 2.03. The second kappa shape index (κ2) is 6.49. The summed E-state index contributed by atoms with van der Waals surface area (Å²) in [6.07, 6.45) is -0.783. The van der Waals surface area contributed by atoms with Gasteiger partial charge in [0.05, 0.1) is 18.2 Å². The van der Waals surface area contributed by atoms with E-state index in [4.69, 9.17) is 15.2 Å². The summed E-state index contributed by atoms with van der Waals surface area (Å²) < 4.78 is 10.8. The molecule has 0 aliphatic carbocycles. The zero-order valence-electron chi connectivity index (χ0n) is 12.8. The zero-order chi connectivity index (χ0) is 17.3. The Hall–Kier alpha value is -2.60. The SMILES string of the molecule is COC(=O)c1cccc(C2=C(N)OC(c3ccccc3)C2=O)c1Br. The normalized spacial score (nSPS) is 16.9. The van der Waals surface area contributed by atoms with Crippen LogP contribution in [0.3, 0.4) is 0 Å². The van der Waals surface area contributed by atoms with Crippen molar-refractivity contribution >= 4 is 33.3 Å². The maximum atomic E-state index is 12.8. The van der Waals surface area contributed by atoms with Crippen LogP contribution in [0.4, 0.5) is 0 Å². The van der Waals surface area contributed by atoms with Crippen LogP contribution in [0.1, 0.15) is 27.6 Å². The van der Waals surface area contributed by atoms with Crippen molar-refractivity contribution in [3.63, 3.8) is 0 Å². The fourth-order valence-corrected chi connectivity index (χ4v) is 3.22. The first-order valence-corrected chi connectivity index (χ1v) is 7.96. The minimum atomic E-state index is -0.783. The molecule has 5 nitrogen and oxygen atoms in total. The van der Waals surface area contributed by atoms with Gasteiger partial charge >= 0.3 is 5.97 Å². The van der Waals surface area contributed by atoms with Gasteiger partial charge in [0.25, 0.3) is 0 Å². The standard InChI is InChI=1S/C18H14BrNO4/c1-23-18(22)12-9-5-8-11(14(12)19)13-15(21)16(24-17(13)20)10-6-3-2-4-7-10/h2-9,16H,20H2,1H3. The lowest BCUT2D eigenvalue weighted by Crippen LogP contribution is -2.10. The first-order chi connectivity index (χ1) is 11.5. The summed E-state index contributed by atoms with van der Waals surface area (Å²) in [6, 6.07) is 14.1. The molecule has 0 radical (unpaired) electrons. The molecule has 0 saturated heterocycles. The number of hydrogen-bond donors (Lipinski definition) is 1. The van der Waals surface area contributed by atoms with Crippen LogP contribution in [0.25, 0.3) is 5.57 Å². The first kappa shape index (κ1) is 16.3. The Morgan fingerprint density at radius 3 is 2.54 bits per heavy atom. The smallest absolute Gasteiger partial charge is 0.339 e. The van der Waals surface area contributed by atoms with Gasteiger partial charge in [0, 0.05) is 15.6 Å². The van der Waals surface area contributed by atoms with E-state index in [1.165, 1.54) is 7.11 Å². The summed E-state index contributed by atoms with van der Waals surface area (Å²) in [5.41, 5.74) is 7.74. The van der Waals surface area contributed by atoms with Crippen LogP contribution in [0.15, 0.2) is 58.9 Å². The van der Waals surface area contributed by atoms with E-state index in [9.17, 15) is 9.59 Å². The summed E-state index contributed by atoms with van der Waals surface area (Å²) in [5, 5.41) is 0. The molecule has 6 heteroatoms. The molecule has 24 heavy (non-hydrogen) atoms. The van der Waals surface area contributed by atoms with Crippen molar-refractivity contribution in [2.45, 2.75) is 6.10 Å². The number of carbonyl (C=O) groups excluding carboxylic acids is 2. The van der Waals surface area contributed by atoms with Crippen LogP contribution < -0.4 is 5.73 Å². The average molecular weight is 388 g/mol. The Morgan fingerprint density at radius 2 is 1.88 bits per heavy atom. The molecule has 0 amide bonds. The number of Topliss-reactive ketones (excluding diaryl/α,β-unsaturated/α-hetero) is 1. The van der Waals surface area contributed by atoms with Crippen LogP contribution in [0.2, 0.25) is 0 Å². The third-order valence-corrected chi connectivity index (χ3v) is 4.61.